The van der Waals surface area contributed by atoms with Crippen LogP contribution in [0.25, 0.3) is 10.2 Å². The van der Waals surface area contributed by atoms with Crippen molar-refractivity contribution >= 4 is 43.3 Å². The van der Waals surface area contributed by atoms with Gasteiger partial charge in [-0.3, -0.25) is 0 Å². The lowest BCUT2D eigenvalue weighted by Gasteiger charge is -2.12. The molecule has 1 aliphatic heterocycles. The molecule has 3 aromatic rings. The standard InChI is InChI=1S/C12H10BrN5S/c13-9-5-8-10(19-9)11(16-6-15-8)17-7-1-3-18-4-2-14-12(7)18/h2,4-7H,1,3H2,(H,15,16,17). The normalized spacial score (nSPS) is 17.8. The minimum Gasteiger partial charge on any atom is -0.359 e. The Hall–Kier alpha value is -1.47. The van der Waals surface area contributed by atoms with E-state index in [1.54, 1.807) is 17.7 Å². The number of hydrogen-bond donors (Lipinski definition) is 1. The fourth-order valence-electron chi connectivity index (χ4n) is 2.45. The summed E-state index contributed by atoms with van der Waals surface area (Å²) in [4.78, 5) is 13.1. The molecule has 4 rings (SSSR count). The molecule has 0 saturated heterocycles. The fraction of sp³-hybridized carbons (Fsp3) is 0.250. The summed E-state index contributed by atoms with van der Waals surface area (Å²) in [5.41, 5.74) is 0.968. The highest BCUT2D eigenvalue weighted by molar-refractivity contribution is 9.11. The third-order valence-corrected chi connectivity index (χ3v) is 4.94. The van der Waals surface area contributed by atoms with Gasteiger partial charge in [-0.2, -0.15) is 0 Å². The lowest BCUT2D eigenvalue weighted by Crippen LogP contribution is -2.09. The molecule has 0 spiro atoms. The highest BCUT2D eigenvalue weighted by Gasteiger charge is 2.24. The Balaban J connectivity index is 1.73. The summed E-state index contributed by atoms with van der Waals surface area (Å²) in [5.74, 6) is 1.98. The van der Waals surface area contributed by atoms with Crippen molar-refractivity contribution in [1.29, 1.82) is 0 Å². The van der Waals surface area contributed by atoms with Crippen molar-refractivity contribution in [2.75, 3.05) is 5.32 Å². The van der Waals surface area contributed by atoms with Gasteiger partial charge in [0.05, 0.1) is 20.0 Å². The number of fused-ring (bicyclic) bond motifs is 2. The quantitative estimate of drug-likeness (QED) is 0.781. The minimum absolute atomic E-state index is 0.231. The van der Waals surface area contributed by atoms with Crippen LogP contribution in [-0.2, 0) is 6.54 Å². The summed E-state index contributed by atoms with van der Waals surface area (Å²) in [6.07, 6.45) is 6.52. The molecule has 0 radical (unpaired) electrons. The van der Waals surface area contributed by atoms with Crippen LogP contribution in [0.1, 0.15) is 18.3 Å². The average Bonchev–Trinajstić information content (AvgIpc) is 3.05. The van der Waals surface area contributed by atoms with E-state index < -0.39 is 0 Å². The molecule has 3 aromatic heterocycles. The van der Waals surface area contributed by atoms with Gasteiger partial charge in [-0.25, -0.2) is 15.0 Å². The van der Waals surface area contributed by atoms with E-state index in [-0.39, 0.29) is 6.04 Å². The van der Waals surface area contributed by atoms with Crippen LogP contribution < -0.4 is 5.32 Å². The molecule has 4 heterocycles. The minimum atomic E-state index is 0.231. The van der Waals surface area contributed by atoms with Crippen LogP contribution in [0, 0.1) is 0 Å². The van der Waals surface area contributed by atoms with Gasteiger partial charge in [0.1, 0.15) is 18.0 Å². The van der Waals surface area contributed by atoms with Gasteiger partial charge in [0.25, 0.3) is 0 Å². The van der Waals surface area contributed by atoms with Crippen LogP contribution in [0.2, 0.25) is 0 Å². The molecule has 1 unspecified atom stereocenters. The summed E-state index contributed by atoms with van der Waals surface area (Å²) in [6.45, 7) is 1.01. The highest BCUT2D eigenvalue weighted by atomic mass is 79.9. The number of halogens is 1. The summed E-state index contributed by atoms with van der Waals surface area (Å²) >= 11 is 5.15. The molecule has 0 fully saturated rings. The van der Waals surface area contributed by atoms with Crippen molar-refractivity contribution in [3.63, 3.8) is 0 Å². The van der Waals surface area contributed by atoms with E-state index in [1.807, 2.05) is 18.5 Å². The monoisotopic (exact) mass is 335 g/mol. The molecule has 1 aliphatic rings. The Kier molecular flexibility index (Phi) is 2.56. The van der Waals surface area contributed by atoms with Crippen LogP contribution in [-0.4, -0.2) is 19.5 Å². The van der Waals surface area contributed by atoms with Gasteiger partial charge in [0.2, 0.25) is 0 Å². The molecule has 7 heteroatoms. The topological polar surface area (TPSA) is 55.6 Å². The second-order valence-corrected chi connectivity index (χ2v) is 6.88. The maximum absolute atomic E-state index is 4.41. The Morgan fingerprint density at radius 2 is 2.32 bits per heavy atom. The zero-order chi connectivity index (χ0) is 12.8. The first kappa shape index (κ1) is 11.4. The summed E-state index contributed by atoms with van der Waals surface area (Å²) < 4.78 is 4.33. The van der Waals surface area contributed by atoms with Crippen LogP contribution in [0.3, 0.4) is 0 Å². The van der Waals surface area contributed by atoms with E-state index in [9.17, 15) is 0 Å². The largest absolute Gasteiger partial charge is 0.359 e. The molecule has 96 valence electrons. The van der Waals surface area contributed by atoms with Gasteiger partial charge in [-0.05, 0) is 28.4 Å². The molecule has 0 aliphatic carbocycles. The average molecular weight is 336 g/mol. The number of nitrogens with one attached hydrogen (secondary N) is 1. The van der Waals surface area contributed by atoms with E-state index in [0.717, 1.165) is 38.6 Å². The maximum Gasteiger partial charge on any atom is 0.148 e. The predicted octanol–water partition coefficient (Wildman–Crippen LogP) is 3.21. The number of anilines is 1. The molecule has 5 nitrogen and oxygen atoms in total. The number of thiophene rings is 1. The molecule has 1 atom stereocenters. The number of aryl methyl sites for hydroxylation is 1. The van der Waals surface area contributed by atoms with Gasteiger partial charge >= 0.3 is 0 Å². The first-order valence-electron chi connectivity index (χ1n) is 5.99. The first-order chi connectivity index (χ1) is 9.31. The summed E-state index contributed by atoms with van der Waals surface area (Å²) in [7, 11) is 0. The third kappa shape index (κ3) is 1.84. The number of aromatic nitrogens is 4. The number of hydrogen-bond acceptors (Lipinski definition) is 5. The fourth-order valence-corrected chi connectivity index (χ4v) is 3.94. The molecular formula is C12H10BrN5S. The highest BCUT2D eigenvalue weighted by Crippen LogP contribution is 2.35. The zero-order valence-corrected chi connectivity index (χ0v) is 12.3. The van der Waals surface area contributed by atoms with Gasteiger partial charge in [0.15, 0.2) is 0 Å². The van der Waals surface area contributed by atoms with Gasteiger partial charge in [-0.15, -0.1) is 11.3 Å². The van der Waals surface area contributed by atoms with Gasteiger partial charge in [0, 0.05) is 18.9 Å². The Morgan fingerprint density at radius 3 is 3.26 bits per heavy atom. The van der Waals surface area contributed by atoms with Gasteiger partial charge < -0.3 is 9.88 Å². The van der Waals surface area contributed by atoms with Crippen molar-refractivity contribution in [1.82, 2.24) is 19.5 Å². The molecule has 0 saturated carbocycles. The molecule has 0 amide bonds. The third-order valence-electron chi connectivity index (χ3n) is 3.31. The van der Waals surface area contributed by atoms with Crippen LogP contribution >= 0.6 is 27.3 Å². The SMILES string of the molecule is Brc1cc2ncnc(NC3CCn4ccnc43)c2s1. The Labute approximate surface area is 121 Å². The number of nitrogens with zero attached hydrogens (tertiary/aromatic N) is 4. The van der Waals surface area contributed by atoms with Crippen molar-refractivity contribution in [2.45, 2.75) is 19.0 Å². The van der Waals surface area contributed by atoms with Crippen LogP contribution in [0.15, 0.2) is 28.6 Å². The predicted molar refractivity (Wildman–Crippen MR) is 78.3 cm³/mol. The lowest BCUT2D eigenvalue weighted by molar-refractivity contribution is 0.707. The van der Waals surface area contributed by atoms with Crippen molar-refractivity contribution in [3.8, 4) is 0 Å². The van der Waals surface area contributed by atoms with Crippen molar-refractivity contribution in [2.24, 2.45) is 0 Å². The Bertz CT molecular complexity index is 750. The van der Waals surface area contributed by atoms with Crippen LogP contribution in [0.5, 0.6) is 0 Å². The summed E-state index contributed by atoms with van der Waals surface area (Å²) in [5, 5.41) is 3.49. The second kappa shape index (κ2) is 4.28. The Morgan fingerprint density at radius 1 is 1.37 bits per heavy atom. The molecule has 19 heavy (non-hydrogen) atoms. The van der Waals surface area contributed by atoms with Crippen molar-refractivity contribution in [3.05, 3.63) is 34.4 Å². The maximum atomic E-state index is 4.41. The molecule has 0 bridgehead atoms. The van der Waals surface area contributed by atoms with Crippen molar-refractivity contribution < 1.29 is 0 Å². The first-order valence-corrected chi connectivity index (χ1v) is 7.60. The van der Waals surface area contributed by atoms with E-state index in [4.69, 9.17) is 0 Å². The molecular weight excluding hydrogens is 326 g/mol. The van der Waals surface area contributed by atoms with Gasteiger partial charge in [-0.1, -0.05) is 0 Å². The second-order valence-electron chi connectivity index (χ2n) is 4.45. The number of imidazole rings is 1. The smallest absolute Gasteiger partial charge is 0.148 e. The van der Waals surface area contributed by atoms with E-state index in [2.05, 4.69) is 40.8 Å². The van der Waals surface area contributed by atoms with E-state index in [1.165, 1.54) is 0 Å². The van der Waals surface area contributed by atoms with E-state index >= 15 is 0 Å². The molecule has 0 aromatic carbocycles. The number of rotatable bonds is 2. The van der Waals surface area contributed by atoms with E-state index in [0.29, 0.717) is 0 Å². The summed E-state index contributed by atoms with van der Waals surface area (Å²) in [6, 6.07) is 2.25. The molecule has 1 N–H and O–H groups in total. The van der Waals surface area contributed by atoms with Crippen LogP contribution in [0.4, 0.5) is 5.82 Å². The zero-order valence-electron chi connectivity index (χ0n) is 9.88. The lowest BCUT2D eigenvalue weighted by atomic mass is 10.2.